The van der Waals surface area contributed by atoms with E-state index in [1.54, 1.807) is 6.07 Å². The summed E-state index contributed by atoms with van der Waals surface area (Å²) in [6.07, 6.45) is 2.03. The fourth-order valence-electron chi connectivity index (χ4n) is 1.83. The second kappa shape index (κ2) is 5.12. The lowest BCUT2D eigenvalue weighted by Gasteiger charge is -2.18. The largest absolute Gasteiger partial charge is 0.343 e. The van der Waals surface area contributed by atoms with Crippen LogP contribution >= 0.6 is 0 Å². The molecule has 0 unspecified atom stereocenters. The van der Waals surface area contributed by atoms with Crippen molar-refractivity contribution in [3.05, 3.63) is 29.6 Å². The average Bonchev–Trinajstić information content (AvgIpc) is 3.19. The zero-order valence-electron chi connectivity index (χ0n) is 10.4. The van der Waals surface area contributed by atoms with Gasteiger partial charge in [0.2, 0.25) is 0 Å². The van der Waals surface area contributed by atoms with Crippen molar-refractivity contribution in [1.29, 1.82) is 0 Å². The third-order valence-electron chi connectivity index (χ3n) is 2.82. The van der Waals surface area contributed by atoms with Crippen molar-refractivity contribution in [2.75, 3.05) is 19.1 Å². The van der Waals surface area contributed by atoms with Crippen molar-refractivity contribution >= 4 is 11.7 Å². The number of amides is 2. The van der Waals surface area contributed by atoms with Crippen LogP contribution < -0.4 is 10.3 Å². The van der Waals surface area contributed by atoms with Crippen LogP contribution in [-0.2, 0) is 0 Å². The first-order valence-electron chi connectivity index (χ1n) is 5.78. The zero-order valence-corrected chi connectivity index (χ0v) is 10.4. The Hall–Kier alpha value is -1.98. The molecule has 1 saturated carbocycles. The van der Waals surface area contributed by atoms with Crippen LogP contribution in [0, 0.1) is 5.82 Å². The molecule has 5 nitrogen and oxygen atoms in total. The number of rotatable bonds is 3. The molecule has 1 aromatic carbocycles. The zero-order chi connectivity index (χ0) is 13.1. The van der Waals surface area contributed by atoms with Crippen LogP contribution in [0.5, 0.6) is 0 Å². The van der Waals surface area contributed by atoms with Crippen LogP contribution in [0.2, 0.25) is 0 Å². The number of hydrogen-bond acceptors (Lipinski definition) is 3. The number of hydrogen-bond donors (Lipinski definition) is 1. The Kier molecular flexibility index (Phi) is 3.55. The molecule has 18 heavy (non-hydrogen) atoms. The Bertz CT molecular complexity index is 485. The fourth-order valence-corrected chi connectivity index (χ4v) is 1.83. The van der Waals surface area contributed by atoms with E-state index in [9.17, 15) is 9.18 Å². The minimum absolute atomic E-state index is 0.300. The molecular formula is C12H15FN4O. The molecule has 0 heterocycles. The summed E-state index contributed by atoms with van der Waals surface area (Å²) in [4.78, 5) is 11.7. The van der Waals surface area contributed by atoms with Gasteiger partial charge in [-0.1, -0.05) is 5.22 Å². The van der Waals surface area contributed by atoms with E-state index >= 15 is 0 Å². The summed E-state index contributed by atoms with van der Waals surface area (Å²) in [6.45, 7) is 0. The van der Waals surface area contributed by atoms with Gasteiger partial charge in [0, 0.05) is 7.05 Å². The topological polar surface area (TPSA) is 57.1 Å². The molecule has 0 spiro atoms. The molecule has 2 amide bonds. The van der Waals surface area contributed by atoms with Crippen molar-refractivity contribution in [2.45, 2.75) is 18.8 Å². The Morgan fingerprint density at radius 3 is 2.78 bits per heavy atom. The number of halogens is 1. The summed E-state index contributed by atoms with van der Waals surface area (Å²) in [6, 6.07) is 3.96. The summed E-state index contributed by atoms with van der Waals surface area (Å²) >= 11 is 0. The van der Waals surface area contributed by atoms with Gasteiger partial charge in [0.1, 0.15) is 5.82 Å². The summed E-state index contributed by atoms with van der Waals surface area (Å²) in [5, 5.41) is 11.1. The van der Waals surface area contributed by atoms with Gasteiger partial charge in [-0.3, -0.25) is 0 Å². The number of urea groups is 1. The molecule has 1 N–H and O–H groups in total. The van der Waals surface area contributed by atoms with Crippen LogP contribution in [0.4, 0.5) is 14.9 Å². The fraction of sp³-hybridized carbons (Fsp3) is 0.417. The van der Waals surface area contributed by atoms with Crippen molar-refractivity contribution in [1.82, 2.24) is 5.32 Å². The molecule has 96 valence electrons. The van der Waals surface area contributed by atoms with Gasteiger partial charge in [0.05, 0.1) is 12.7 Å². The normalized spacial score (nSPS) is 14.8. The molecule has 1 fully saturated rings. The highest BCUT2D eigenvalue weighted by Gasteiger charge is 2.30. The van der Waals surface area contributed by atoms with E-state index in [-0.39, 0.29) is 5.82 Å². The lowest BCUT2D eigenvalue weighted by molar-refractivity contribution is 0.248. The summed E-state index contributed by atoms with van der Waals surface area (Å²) in [5.74, 6) is 0.0147. The highest BCUT2D eigenvalue weighted by molar-refractivity contribution is 5.92. The predicted octanol–water partition coefficient (Wildman–Crippen LogP) is 2.85. The van der Waals surface area contributed by atoms with Crippen LogP contribution in [0.25, 0.3) is 0 Å². The van der Waals surface area contributed by atoms with Crippen molar-refractivity contribution in [2.24, 2.45) is 10.3 Å². The second-order valence-electron chi connectivity index (χ2n) is 4.13. The standard InChI is InChI=1S/C12H15FN4O/c1-14-12(18)17(16-15-2)11-6-5-9(13)7-10(11)8-3-4-8/h5-8H,3-4H2,1-2H3,(H,14,18)/b16-15-. The Morgan fingerprint density at radius 1 is 1.50 bits per heavy atom. The summed E-state index contributed by atoms with van der Waals surface area (Å²) in [7, 11) is 3.00. The second-order valence-corrected chi connectivity index (χ2v) is 4.13. The Labute approximate surface area is 105 Å². The van der Waals surface area contributed by atoms with E-state index in [2.05, 4.69) is 15.7 Å². The highest BCUT2D eigenvalue weighted by Crippen LogP contribution is 2.44. The van der Waals surface area contributed by atoms with Crippen LogP contribution in [-0.4, -0.2) is 20.1 Å². The molecule has 0 atom stereocenters. The third kappa shape index (κ3) is 2.47. The van der Waals surface area contributed by atoms with Crippen LogP contribution in [0.3, 0.4) is 0 Å². The van der Waals surface area contributed by atoms with Gasteiger partial charge < -0.3 is 5.32 Å². The number of anilines is 1. The Morgan fingerprint density at radius 2 is 2.22 bits per heavy atom. The maximum atomic E-state index is 13.3. The first-order valence-corrected chi connectivity index (χ1v) is 5.78. The molecule has 0 aliphatic heterocycles. The first-order chi connectivity index (χ1) is 8.67. The summed E-state index contributed by atoms with van der Waals surface area (Å²) < 4.78 is 13.3. The molecular weight excluding hydrogens is 235 g/mol. The van der Waals surface area contributed by atoms with E-state index in [0.29, 0.717) is 11.6 Å². The lowest BCUT2D eigenvalue weighted by atomic mass is 10.1. The third-order valence-corrected chi connectivity index (χ3v) is 2.82. The molecule has 0 aromatic heterocycles. The van der Waals surface area contributed by atoms with Gasteiger partial charge in [0.25, 0.3) is 0 Å². The SMILES string of the molecule is C/N=N\N(C(=O)NC)c1ccc(F)cc1C1CC1. The van der Waals surface area contributed by atoms with E-state index in [1.807, 2.05) is 0 Å². The minimum Gasteiger partial charge on any atom is -0.339 e. The van der Waals surface area contributed by atoms with Gasteiger partial charge in [0.15, 0.2) is 0 Å². The van der Waals surface area contributed by atoms with Crippen molar-refractivity contribution < 1.29 is 9.18 Å². The molecule has 1 aliphatic rings. The number of benzene rings is 1. The maximum Gasteiger partial charge on any atom is 0.343 e. The number of nitrogens with zero attached hydrogens (tertiary/aromatic N) is 3. The van der Waals surface area contributed by atoms with Gasteiger partial charge in [-0.15, -0.1) is 0 Å². The van der Waals surface area contributed by atoms with Crippen molar-refractivity contribution in [3.63, 3.8) is 0 Å². The molecule has 0 bridgehead atoms. The maximum absolute atomic E-state index is 13.3. The van der Waals surface area contributed by atoms with Gasteiger partial charge in [-0.2, -0.15) is 10.1 Å². The van der Waals surface area contributed by atoms with Gasteiger partial charge >= 0.3 is 6.03 Å². The van der Waals surface area contributed by atoms with Gasteiger partial charge in [-0.05, 0) is 42.5 Å². The number of carbonyl (C=O) groups excluding carboxylic acids is 1. The van der Waals surface area contributed by atoms with E-state index in [0.717, 1.165) is 23.4 Å². The Balaban J connectivity index is 2.43. The van der Waals surface area contributed by atoms with Crippen LogP contribution in [0.1, 0.15) is 24.3 Å². The lowest BCUT2D eigenvalue weighted by Crippen LogP contribution is -2.34. The van der Waals surface area contributed by atoms with Crippen LogP contribution in [0.15, 0.2) is 28.5 Å². The number of carbonyl (C=O) groups is 1. The average molecular weight is 250 g/mol. The first kappa shape index (κ1) is 12.5. The highest BCUT2D eigenvalue weighted by atomic mass is 19.1. The smallest absolute Gasteiger partial charge is 0.339 e. The van der Waals surface area contributed by atoms with Crippen molar-refractivity contribution in [3.8, 4) is 0 Å². The van der Waals surface area contributed by atoms with E-state index < -0.39 is 6.03 Å². The molecule has 6 heteroatoms. The molecule has 1 aromatic rings. The van der Waals surface area contributed by atoms with E-state index in [4.69, 9.17) is 0 Å². The number of nitrogens with one attached hydrogen (secondary N) is 1. The monoisotopic (exact) mass is 250 g/mol. The molecule has 2 rings (SSSR count). The van der Waals surface area contributed by atoms with Gasteiger partial charge in [-0.25, -0.2) is 9.18 Å². The van der Waals surface area contributed by atoms with E-state index in [1.165, 1.54) is 26.2 Å². The molecule has 1 aliphatic carbocycles. The minimum atomic E-state index is -0.394. The molecule has 0 radical (unpaired) electrons. The predicted molar refractivity (Wildman–Crippen MR) is 66.1 cm³/mol. The molecule has 0 saturated heterocycles. The summed E-state index contributed by atoms with van der Waals surface area (Å²) in [5.41, 5.74) is 1.40. The quantitative estimate of drug-likeness (QED) is 0.650.